The SMILES string of the molecule is CCCO[C@@H](Cc1ccc(OCCOc2ccc(-c3ccccc3)cc2)cc1)C(=O)O. The molecule has 1 atom stereocenters. The van der Waals surface area contributed by atoms with Gasteiger partial charge in [-0.05, 0) is 47.4 Å². The Morgan fingerprint density at radius 1 is 0.774 bits per heavy atom. The molecule has 0 unspecified atom stereocenters. The summed E-state index contributed by atoms with van der Waals surface area (Å²) in [5.41, 5.74) is 3.22. The van der Waals surface area contributed by atoms with Crippen molar-refractivity contribution in [3.8, 4) is 22.6 Å². The van der Waals surface area contributed by atoms with Crippen LogP contribution in [0.4, 0.5) is 0 Å². The van der Waals surface area contributed by atoms with Crippen molar-refractivity contribution in [2.24, 2.45) is 0 Å². The zero-order valence-electron chi connectivity index (χ0n) is 17.7. The second-order valence-corrected chi connectivity index (χ2v) is 7.13. The molecule has 3 rings (SSSR count). The Morgan fingerprint density at radius 3 is 1.87 bits per heavy atom. The highest BCUT2D eigenvalue weighted by Gasteiger charge is 2.18. The van der Waals surface area contributed by atoms with Crippen molar-refractivity contribution >= 4 is 5.97 Å². The third kappa shape index (κ3) is 7.15. The van der Waals surface area contributed by atoms with Gasteiger partial charge in [0.25, 0.3) is 0 Å². The van der Waals surface area contributed by atoms with Gasteiger partial charge in [-0.15, -0.1) is 0 Å². The van der Waals surface area contributed by atoms with Gasteiger partial charge in [0.2, 0.25) is 0 Å². The average Bonchev–Trinajstić information content (AvgIpc) is 2.81. The molecule has 0 aromatic heterocycles. The van der Waals surface area contributed by atoms with Gasteiger partial charge in [-0.2, -0.15) is 0 Å². The average molecular weight is 421 g/mol. The molecule has 162 valence electrons. The smallest absolute Gasteiger partial charge is 0.333 e. The van der Waals surface area contributed by atoms with Crippen LogP contribution in [0, 0.1) is 0 Å². The molecule has 0 aliphatic carbocycles. The van der Waals surface area contributed by atoms with Crippen LogP contribution in [0.5, 0.6) is 11.5 Å². The lowest BCUT2D eigenvalue weighted by atomic mass is 10.1. The molecule has 0 amide bonds. The lowest BCUT2D eigenvalue weighted by Crippen LogP contribution is -2.26. The van der Waals surface area contributed by atoms with Gasteiger partial charge < -0.3 is 19.3 Å². The number of carbonyl (C=O) groups is 1. The molecule has 1 N–H and O–H groups in total. The summed E-state index contributed by atoms with van der Waals surface area (Å²) < 4.78 is 16.9. The molecule has 0 aliphatic rings. The maximum Gasteiger partial charge on any atom is 0.333 e. The molecule has 0 radical (unpaired) electrons. The Balaban J connectivity index is 1.42. The summed E-state index contributed by atoms with van der Waals surface area (Å²) in [6, 6.07) is 25.6. The van der Waals surface area contributed by atoms with Crippen molar-refractivity contribution in [1.82, 2.24) is 0 Å². The van der Waals surface area contributed by atoms with Gasteiger partial charge in [-0.25, -0.2) is 4.79 Å². The number of rotatable bonds is 12. The number of aliphatic carboxylic acids is 1. The van der Waals surface area contributed by atoms with E-state index in [1.807, 2.05) is 73.7 Å². The Labute approximate surface area is 183 Å². The monoisotopic (exact) mass is 420 g/mol. The lowest BCUT2D eigenvalue weighted by Gasteiger charge is -2.14. The predicted molar refractivity (Wildman–Crippen MR) is 121 cm³/mol. The standard InChI is InChI=1S/C26H28O5/c1-2-16-31-25(26(27)28)19-20-8-12-23(13-9-20)29-17-18-30-24-14-10-22(11-15-24)21-6-4-3-5-7-21/h3-15,25H,2,16-19H2,1H3,(H,27,28)/t25-/m0/s1. The van der Waals surface area contributed by atoms with E-state index in [-0.39, 0.29) is 0 Å². The molecule has 31 heavy (non-hydrogen) atoms. The minimum Gasteiger partial charge on any atom is -0.490 e. The Bertz CT molecular complexity index is 920. The Hall–Kier alpha value is -3.31. The molecule has 5 nitrogen and oxygen atoms in total. The predicted octanol–water partition coefficient (Wildman–Crippen LogP) is 5.23. The van der Waals surface area contributed by atoms with E-state index in [1.165, 1.54) is 5.56 Å². The zero-order chi connectivity index (χ0) is 21.9. The maximum absolute atomic E-state index is 11.3. The first kappa shape index (κ1) is 22.4. The fourth-order valence-electron chi connectivity index (χ4n) is 3.11. The fourth-order valence-corrected chi connectivity index (χ4v) is 3.11. The van der Waals surface area contributed by atoms with Crippen molar-refractivity contribution in [2.75, 3.05) is 19.8 Å². The van der Waals surface area contributed by atoms with E-state index < -0.39 is 12.1 Å². The lowest BCUT2D eigenvalue weighted by molar-refractivity contribution is -0.150. The van der Waals surface area contributed by atoms with Crippen LogP contribution in [0.1, 0.15) is 18.9 Å². The molecular weight excluding hydrogens is 392 g/mol. The molecule has 5 heteroatoms. The van der Waals surface area contributed by atoms with Crippen molar-refractivity contribution in [2.45, 2.75) is 25.9 Å². The molecule has 0 bridgehead atoms. The van der Waals surface area contributed by atoms with Crippen molar-refractivity contribution in [3.63, 3.8) is 0 Å². The Morgan fingerprint density at radius 2 is 1.32 bits per heavy atom. The van der Waals surface area contributed by atoms with Crippen molar-refractivity contribution in [1.29, 1.82) is 0 Å². The summed E-state index contributed by atoms with van der Waals surface area (Å²) >= 11 is 0. The molecule has 3 aromatic carbocycles. The van der Waals surface area contributed by atoms with Crippen LogP contribution >= 0.6 is 0 Å². The second-order valence-electron chi connectivity index (χ2n) is 7.13. The molecule has 0 aliphatic heterocycles. The van der Waals surface area contributed by atoms with Gasteiger partial charge in [-0.3, -0.25) is 0 Å². The van der Waals surface area contributed by atoms with Crippen molar-refractivity contribution in [3.05, 3.63) is 84.4 Å². The van der Waals surface area contributed by atoms with Gasteiger partial charge in [0, 0.05) is 13.0 Å². The van der Waals surface area contributed by atoms with Gasteiger partial charge in [0.1, 0.15) is 24.7 Å². The molecule has 0 heterocycles. The van der Waals surface area contributed by atoms with Crippen LogP contribution in [0.2, 0.25) is 0 Å². The van der Waals surface area contributed by atoms with Gasteiger partial charge >= 0.3 is 5.97 Å². The van der Waals surface area contributed by atoms with Crippen LogP contribution in [0.3, 0.4) is 0 Å². The summed E-state index contributed by atoms with van der Waals surface area (Å²) in [4.78, 5) is 11.3. The highest BCUT2D eigenvalue weighted by molar-refractivity contribution is 5.72. The second kappa shape index (κ2) is 11.8. The van der Waals surface area contributed by atoms with E-state index in [4.69, 9.17) is 14.2 Å². The van der Waals surface area contributed by atoms with Crippen LogP contribution < -0.4 is 9.47 Å². The third-order valence-electron chi connectivity index (χ3n) is 4.73. The minimum atomic E-state index is -0.942. The number of hydrogen-bond acceptors (Lipinski definition) is 4. The zero-order valence-corrected chi connectivity index (χ0v) is 17.7. The van der Waals surface area contributed by atoms with Gasteiger partial charge in [0.05, 0.1) is 0 Å². The molecule has 0 fully saturated rings. The van der Waals surface area contributed by atoms with Crippen LogP contribution in [0.25, 0.3) is 11.1 Å². The summed E-state index contributed by atoms with van der Waals surface area (Å²) in [6.07, 6.45) is 0.293. The highest BCUT2D eigenvalue weighted by atomic mass is 16.5. The van der Waals surface area contributed by atoms with Gasteiger partial charge in [0.15, 0.2) is 6.10 Å². The first-order valence-electron chi connectivity index (χ1n) is 10.5. The number of hydrogen-bond donors (Lipinski definition) is 1. The van der Waals surface area contributed by atoms with Gasteiger partial charge in [-0.1, -0.05) is 61.5 Å². The van der Waals surface area contributed by atoms with E-state index in [9.17, 15) is 9.90 Å². The summed E-state index contributed by atoms with van der Waals surface area (Å²) in [5, 5.41) is 9.26. The maximum atomic E-state index is 11.3. The first-order chi connectivity index (χ1) is 15.2. The number of carboxylic acids is 1. The molecule has 3 aromatic rings. The number of carboxylic acid groups (broad SMARTS) is 1. The third-order valence-corrected chi connectivity index (χ3v) is 4.73. The Kier molecular flexibility index (Phi) is 8.49. The van der Waals surface area contributed by atoms with Crippen LogP contribution in [0.15, 0.2) is 78.9 Å². The van der Waals surface area contributed by atoms with E-state index in [1.54, 1.807) is 0 Å². The molecule has 0 saturated carbocycles. The van der Waals surface area contributed by atoms with E-state index in [0.29, 0.717) is 32.0 Å². The van der Waals surface area contributed by atoms with E-state index in [2.05, 4.69) is 12.1 Å². The summed E-state index contributed by atoms with van der Waals surface area (Å²) in [7, 11) is 0. The first-order valence-corrected chi connectivity index (χ1v) is 10.5. The topological polar surface area (TPSA) is 65.0 Å². The normalized spacial score (nSPS) is 11.6. The summed E-state index contributed by atoms with van der Waals surface area (Å²) in [5.74, 6) is 0.571. The number of benzene rings is 3. The minimum absolute atomic E-state index is 0.331. The van der Waals surface area contributed by atoms with Crippen molar-refractivity contribution < 1.29 is 24.1 Å². The molecule has 0 spiro atoms. The fraction of sp³-hybridized carbons (Fsp3) is 0.269. The molecular formula is C26H28O5. The largest absolute Gasteiger partial charge is 0.490 e. The van der Waals surface area contributed by atoms with Crippen LogP contribution in [-0.2, 0) is 16.0 Å². The van der Waals surface area contributed by atoms with E-state index in [0.717, 1.165) is 23.3 Å². The quantitative estimate of drug-likeness (QED) is 0.406. The highest BCUT2D eigenvalue weighted by Crippen LogP contribution is 2.22. The molecule has 0 saturated heterocycles. The van der Waals surface area contributed by atoms with Crippen LogP contribution in [-0.4, -0.2) is 37.0 Å². The van der Waals surface area contributed by atoms with E-state index >= 15 is 0 Å². The summed E-state index contributed by atoms with van der Waals surface area (Å²) in [6.45, 7) is 3.23. The number of ether oxygens (including phenoxy) is 3.